The molecule has 0 atom stereocenters. The van der Waals surface area contributed by atoms with Gasteiger partial charge in [0.2, 0.25) is 5.75 Å². The van der Waals surface area contributed by atoms with Gasteiger partial charge in [0.1, 0.15) is 0 Å². The summed E-state index contributed by atoms with van der Waals surface area (Å²) in [5, 5.41) is 0.984. The van der Waals surface area contributed by atoms with Gasteiger partial charge in [-0.25, -0.2) is 0 Å². The third-order valence-electron chi connectivity index (χ3n) is 3.60. The molecule has 100 valence electrons. The summed E-state index contributed by atoms with van der Waals surface area (Å²) < 4.78 is 16.6. The van der Waals surface area contributed by atoms with Crippen LogP contribution in [0.15, 0.2) is 18.2 Å². The molecular weight excluding hydrogens is 296 g/mol. The Morgan fingerprint density at radius 1 is 1.17 bits per heavy atom. The van der Waals surface area contributed by atoms with Crippen molar-refractivity contribution in [3.8, 4) is 17.2 Å². The highest BCUT2D eigenvalue weighted by atomic mass is 79.9. The maximum absolute atomic E-state index is 5.97. The molecule has 1 fully saturated rings. The van der Waals surface area contributed by atoms with Crippen LogP contribution < -0.4 is 14.2 Å². The van der Waals surface area contributed by atoms with E-state index in [1.165, 1.54) is 19.3 Å². The predicted octanol–water partition coefficient (Wildman–Crippen LogP) is 3.65. The minimum absolute atomic E-state index is 0.284. The van der Waals surface area contributed by atoms with E-state index >= 15 is 0 Å². The van der Waals surface area contributed by atoms with Crippen molar-refractivity contribution in [3.63, 3.8) is 0 Å². The Kier molecular flexibility index (Phi) is 4.38. The highest BCUT2D eigenvalue weighted by Crippen LogP contribution is 2.44. The lowest BCUT2D eigenvalue weighted by Gasteiger charge is -2.40. The standard InChI is InChI=1S/C14H19BrO3/c1-16-11-5-3-6-12(17-2)13(11)18-10-14(9-15)7-4-8-14/h3,5-6H,4,7-10H2,1-2H3. The van der Waals surface area contributed by atoms with Crippen molar-refractivity contribution in [1.82, 2.24) is 0 Å². The summed E-state index contributed by atoms with van der Waals surface area (Å²) in [5.41, 5.74) is 0.284. The fraction of sp³-hybridized carbons (Fsp3) is 0.571. The van der Waals surface area contributed by atoms with Gasteiger partial charge in [0, 0.05) is 10.7 Å². The maximum atomic E-state index is 5.97. The lowest BCUT2D eigenvalue weighted by atomic mass is 9.71. The zero-order chi connectivity index (χ0) is 13.0. The Bertz CT molecular complexity index is 374. The molecular formula is C14H19BrO3. The number of hydrogen-bond donors (Lipinski definition) is 0. The van der Waals surface area contributed by atoms with E-state index in [1.54, 1.807) is 14.2 Å². The molecule has 1 aromatic carbocycles. The van der Waals surface area contributed by atoms with Gasteiger partial charge in [-0.15, -0.1) is 0 Å². The molecule has 0 aromatic heterocycles. The van der Waals surface area contributed by atoms with Gasteiger partial charge < -0.3 is 14.2 Å². The van der Waals surface area contributed by atoms with Gasteiger partial charge in [-0.05, 0) is 25.0 Å². The fourth-order valence-electron chi connectivity index (χ4n) is 2.18. The monoisotopic (exact) mass is 314 g/mol. The zero-order valence-corrected chi connectivity index (χ0v) is 12.5. The summed E-state index contributed by atoms with van der Waals surface area (Å²) in [5.74, 6) is 2.14. The van der Waals surface area contributed by atoms with Crippen LogP contribution in [0, 0.1) is 5.41 Å². The van der Waals surface area contributed by atoms with Crippen molar-refractivity contribution in [2.24, 2.45) is 5.41 Å². The lowest BCUT2D eigenvalue weighted by Crippen LogP contribution is -2.37. The van der Waals surface area contributed by atoms with E-state index in [0.717, 1.165) is 16.8 Å². The van der Waals surface area contributed by atoms with Crippen molar-refractivity contribution >= 4 is 15.9 Å². The molecule has 0 unspecified atom stereocenters. The molecule has 0 bridgehead atoms. The summed E-state index contributed by atoms with van der Waals surface area (Å²) in [7, 11) is 3.29. The van der Waals surface area contributed by atoms with Gasteiger partial charge in [-0.3, -0.25) is 0 Å². The van der Waals surface area contributed by atoms with Crippen molar-refractivity contribution in [2.45, 2.75) is 19.3 Å². The van der Waals surface area contributed by atoms with Crippen molar-refractivity contribution < 1.29 is 14.2 Å². The SMILES string of the molecule is COc1cccc(OC)c1OCC1(CBr)CCC1. The topological polar surface area (TPSA) is 27.7 Å². The largest absolute Gasteiger partial charge is 0.493 e. The highest BCUT2D eigenvalue weighted by molar-refractivity contribution is 9.09. The molecule has 0 spiro atoms. The van der Waals surface area contributed by atoms with E-state index < -0.39 is 0 Å². The Labute approximate surface area is 117 Å². The molecule has 0 aliphatic heterocycles. The molecule has 0 heterocycles. The molecule has 1 aliphatic rings. The first-order valence-electron chi connectivity index (χ1n) is 6.14. The van der Waals surface area contributed by atoms with Crippen molar-refractivity contribution in [1.29, 1.82) is 0 Å². The average molecular weight is 315 g/mol. The second-order valence-electron chi connectivity index (χ2n) is 4.77. The van der Waals surface area contributed by atoms with Crippen LogP contribution in [0.4, 0.5) is 0 Å². The molecule has 1 aliphatic carbocycles. The van der Waals surface area contributed by atoms with Crippen molar-refractivity contribution in [2.75, 3.05) is 26.2 Å². The normalized spacial score (nSPS) is 16.8. The number of methoxy groups -OCH3 is 2. The number of para-hydroxylation sites is 1. The summed E-state index contributed by atoms with van der Waals surface area (Å²) in [6.07, 6.45) is 3.73. The molecule has 1 saturated carbocycles. The van der Waals surface area contributed by atoms with Crippen LogP contribution in [0.5, 0.6) is 17.2 Å². The minimum Gasteiger partial charge on any atom is -0.493 e. The van der Waals surface area contributed by atoms with Crippen LogP contribution in [0.25, 0.3) is 0 Å². The lowest BCUT2D eigenvalue weighted by molar-refractivity contribution is 0.0801. The number of ether oxygens (including phenoxy) is 3. The van der Waals surface area contributed by atoms with E-state index in [-0.39, 0.29) is 5.41 Å². The van der Waals surface area contributed by atoms with Gasteiger partial charge in [-0.2, -0.15) is 0 Å². The second kappa shape index (κ2) is 5.83. The quantitative estimate of drug-likeness (QED) is 0.750. The molecule has 0 saturated heterocycles. The first-order chi connectivity index (χ1) is 8.74. The molecule has 0 N–H and O–H groups in total. The van der Waals surface area contributed by atoms with Gasteiger partial charge in [-0.1, -0.05) is 28.4 Å². The number of rotatable bonds is 6. The first-order valence-corrected chi connectivity index (χ1v) is 7.26. The van der Waals surface area contributed by atoms with Crippen LogP contribution in [-0.4, -0.2) is 26.2 Å². The molecule has 3 nitrogen and oxygen atoms in total. The number of hydrogen-bond acceptors (Lipinski definition) is 3. The van der Waals surface area contributed by atoms with E-state index in [2.05, 4.69) is 15.9 Å². The van der Waals surface area contributed by atoms with Gasteiger partial charge >= 0.3 is 0 Å². The van der Waals surface area contributed by atoms with Gasteiger partial charge in [0.25, 0.3) is 0 Å². The Balaban J connectivity index is 2.12. The van der Waals surface area contributed by atoms with E-state index in [0.29, 0.717) is 12.4 Å². The molecule has 1 aromatic rings. The van der Waals surface area contributed by atoms with Crippen LogP contribution in [-0.2, 0) is 0 Å². The Morgan fingerprint density at radius 3 is 2.17 bits per heavy atom. The average Bonchev–Trinajstić information content (AvgIpc) is 2.37. The number of alkyl halides is 1. The molecule has 18 heavy (non-hydrogen) atoms. The van der Waals surface area contributed by atoms with Crippen LogP contribution in [0.1, 0.15) is 19.3 Å². The van der Waals surface area contributed by atoms with E-state index in [1.807, 2.05) is 18.2 Å². The Hall–Kier alpha value is -0.900. The minimum atomic E-state index is 0.284. The second-order valence-corrected chi connectivity index (χ2v) is 5.33. The number of halogens is 1. The molecule has 4 heteroatoms. The van der Waals surface area contributed by atoms with Crippen LogP contribution in [0.2, 0.25) is 0 Å². The fourth-order valence-corrected chi connectivity index (χ4v) is 2.90. The Morgan fingerprint density at radius 2 is 1.78 bits per heavy atom. The first kappa shape index (κ1) is 13.5. The third kappa shape index (κ3) is 2.58. The smallest absolute Gasteiger partial charge is 0.203 e. The van der Waals surface area contributed by atoms with Crippen molar-refractivity contribution in [3.05, 3.63) is 18.2 Å². The zero-order valence-electron chi connectivity index (χ0n) is 10.9. The van der Waals surface area contributed by atoms with E-state index in [4.69, 9.17) is 14.2 Å². The van der Waals surface area contributed by atoms with E-state index in [9.17, 15) is 0 Å². The summed E-state index contributed by atoms with van der Waals surface area (Å²) in [6.45, 7) is 0.703. The van der Waals surface area contributed by atoms with Gasteiger partial charge in [0.15, 0.2) is 11.5 Å². The van der Waals surface area contributed by atoms with Crippen LogP contribution in [0.3, 0.4) is 0 Å². The predicted molar refractivity (Wildman–Crippen MR) is 75.1 cm³/mol. The summed E-state index contributed by atoms with van der Waals surface area (Å²) in [6, 6.07) is 5.67. The summed E-state index contributed by atoms with van der Waals surface area (Å²) in [4.78, 5) is 0. The third-order valence-corrected chi connectivity index (χ3v) is 4.79. The highest BCUT2D eigenvalue weighted by Gasteiger charge is 2.37. The summed E-state index contributed by atoms with van der Waals surface area (Å²) >= 11 is 3.59. The maximum Gasteiger partial charge on any atom is 0.203 e. The van der Waals surface area contributed by atoms with Gasteiger partial charge in [0.05, 0.1) is 20.8 Å². The van der Waals surface area contributed by atoms with Crippen LogP contribution >= 0.6 is 15.9 Å². The molecule has 0 radical (unpaired) electrons. The molecule has 0 amide bonds. The molecule has 2 rings (SSSR count). The number of benzene rings is 1.